The molecule has 0 aromatic rings. The van der Waals surface area contributed by atoms with Crippen molar-refractivity contribution in [2.45, 2.75) is 26.2 Å². The first-order valence-electron chi connectivity index (χ1n) is 6.48. The molecule has 1 unspecified atom stereocenters. The summed E-state index contributed by atoms with van der Waals surface area (Å²) in [6.45, 7) is 2.75. The highest BCUT2D eigenvalue weighted by atomic mass is 16.7. The molecule has 0 radical (unpaired) electrons. The van der Waals surface area contributed by atoms with Crippen molar-refractivity contribution in [3.05, 3.63) is 10.1 Å². The second-order valence-electron chi connectivity index (χ2n) is 4.79. The van der Waals surface area contributed by atoms with Crippen molar-refractivity contribution in [3.8, 4) is 0 Å². The molecule has 1 fully saturated rings. The molecular formula is C12H19N3O5. The molecule has 0 bridgehead atoms. The highest BCUT2D eigenvalue weighted by Gasteiger charge is 2.48. The molecule has 112 valence electrons. The lowest BCUT2D eigenvalue weighted by molar-refractivity contribution is -0.484. The first kappa shape index (κ1) is 16.2. The average Bonchev–Trinajstić information content (AvgIpc) is 2.38. The minimum atomic E-state index is -1.23. The van der Waals surface area contributed by atoms with Gasteiger partial charge in [-0.1, -0.05) is 0 Å². The Morgan fingerprint density at radius 2 is 2.35 bits per heavy atom. The number of hydrogen-bond donors (Lipinski definition) is 0. The van der Waals surface area contributed by atoms with Gasteiger partial charge in [0.25, 0.3) is 0 Å². The second-order valence-corrected chi connectivity index (χ2v) is 4.79. The Hall–Kier alpha value is -1.83. The summed E-state index contributed by atoms with van der Waals surface area (Å²) in [5.74, 6) is -0.713. The van der Waals surface area contributed by atoms with Crippen LogP contribution in [0.5, 0.6) is 0 Å². The van der Waals surface area contributed by atoms with E-state index in [9.17, 15) is 19.7 Å². The molecule has 1 aliphatic heterocycles. The first-order valence-corrected chi connectivity index (χ1v) is 6.48. The van der Waals surface area contributed by atoms with Crippen LogP contribution in [0.15, 0.2) is 5.10 Å². The van der Waals surface area contributed by atoms with Gasteiger partial charge in [-0.2, -0.15) is 0 Å². The monoisotopic (exact) mass is 285 g/mol. The van der Waals surface area contributed by atoms with Gasteiger partial charge >= 0.3 is 5.97 Å². The summed E-state index contributed by atoms with van der Waals surface area (Å²) in [7, 11) is 1.82. The van der Waals surface area contributed by atoms with Crippen LogP contribution in [0, 0.1) is 15.5 Å². The number of esters is 1. The van der Waals surface area contributed by atoms with Gasteiger partial charge in [0.2, 0.25) is 0 Å². The zero-order valence-electron chi connectivity index (χ0n) is 11.7. The Kier molecular flexibility index (Phi) is 5.75. The summed E-state index contributed by atoms with van der Waals surface area (Å²) in [5, 5.41) is 12.3. The molecular weight excluding hydrogens is 266 g/mol. The number of piperidine rings is 1. The number of likely N-dealkylation sites (tertiary alicyclic amines) is 1. The summed E-state index contributed by atoms with van der Waals surface area (Å²) < 4.78 is 5.02. The zero-order valence-corrected chi connectivity index (χ0v) is 11.7. The Balaban J connectivity index is 2.86. The fourth-order valence-corrected chi connectivity index (χ4v) is 2.36. The largest absolute Gasteiger partial charge is 0.465 e. The lowest BCUT2D eigenvalue weighted by atomic mass is 9.75. The predicted octanol–water partition coefficient (Wildman–Crippen LogP) is 0.483. The molecule has 8 nitrogen and oxygen atoms in total. The minimum Gasteiger partial charge on any atom is -0.465 e. The van der Waals surface area contributed by atoms with Crippen LogP contribution in [0.1, 0.15) is 26.2 Å². The van der Waals surface area contributed by atoms with E-state index in [-0.39, 0.29) is 38.2 Å². The van der Waals surface area contributed by atoms with E-state index < -0.39 is 16.4 Å². The number of Topliss-reactive ketones (excluding diaryl/α,β-unsaturated/α-hetero) is 1. The average molecular weight is 285 g/mol. The number of hydrazone groups is 1. The quantitative estimate of drug-likeness (QED) is 0.231. The van der Waals surface area contributed by atoms with Gasteiger partial charge in [-0.15, -0.1) is 0 Å². The van der Waals surface area contributed by atoms with E-state index in [4.69, 9.17) is 4.74 Å². The van der Waals surface area contributed by atoms with Gasteiger partial charge in [-0.25, -0.2) is 10.1 Å². The Morgan fingerprint density at radius 3 is 2.95 bits per heavy atom. The molecule has 1 atom stereocenters. The summed E-state index contributed by atoms with van der Waals surface area (Å²) in [6.07, 6.45) is 1.75. The van der Waals surface area contributed by atoms with E-state index in [1.54, 1.807) is 6.92 Å². The van der Waals surface area contributed by atoms with Crippen molar-refractivity contribution in [1.29, 1.82) is 0 Å². The molecule has 1 saturated heterocycles. The van der Waals surface area contributed by atoms with E-state index in [1.165, 1.54) is 0 Å². The summed E-state index contributed by atoms with van der Waals surface area (Å²) in [6, 6.07) is 0. The normalized spacial score (nSPS) is 24.0. The van der Waals surface area contributed by atoms with Crippen LogP contribution < -0.4 is 0 Å². The maximum Gasteiger partial charge on any atom is 0.320 e. The lowest BCUT2D eigenvalue weighted by Gasteiger charge is -2.37. The summed E-state index contributed by atoms with van der Waals surface area (Å²) in [4.78, 5) is 36.4. The molecule has 20 heavy (non-hydrogen) atoms. The number of nitro groups is 1. The van der Waals surface area contributed by atoms with Crippen LogP contribution in [0.3, 0.4) is 0 Å². The van der Waals surface area contributed by atoms with E-state index in [1.807, 2.05) is 11.9 Å². The van der Waals surface area contributed by atoms with Gasteiger partial charge in [0.05, 0.1) is 17.9 Å². The standard InChI is InChI=1S/C12H19N3O5/c1-3-20-11(17)12(6-4-7-13-15(18)19)9-14(2)8-5-10(12)16/h7H,3-6,8-9H2,1-2H3/b13-7-. The number of ether oxygens (including phenoxy) is 1. The van der Waals surface area contributed by atoms with Crippen molar-refractivity contribution in [1.82, 2.24) is 4.90 Å². The van der Waals surface area contributed by atoms with Crippen molar-refractivity contribution in [3.63, 3.8) is 0 Å². The number of ketones is 1. The van der Waals surface area contributed by atoms with Crippen molar-refractivity contribution >= 4 is 18.0 Å². The maximum absolute atomic E-state index is 12.2. The Labute approximate surface area is 116 Å². The zero-order chi connectivity index (χ0) is 15.2. The number of rotatable bonds is 6. The van der Waals surface area contributed by atoms with Crippen LogP contribution in [0.4, 0.5) is 0 Å². The molecule has 1 aliphatic rings. The third kappa shape index (κ3) is 3.83. The van der Waals surface area contributed by atoms with Crippen LogP contribution in [-0.2, 0) is 14.3 Å². The van der Waals surface area contributed by atoms with Gasteiger partial charge in [-0.05, 0) is 26.8 Å². The van der Waals surface area contributed by atoms with E-state index >= 15 is 0 Å². The van der Waals surface area contributed by atoms with Crippen molar-refractivity contribution in [2.24, 2.45) is 10.5 Å². The highest BCUT2D eigenvalue weighted by Crippen LogP contribution is 2.32. The van der Waals surface area contributed by atoms with E-state index in [2.05, 4.69) is 5.10 Å². The first-order chi connectivity index (χ1) is 9.42. The van der Waals surface area contributed by atoms with Crippen molar-refractivity contribution < 1.29 is 19.4 Å². The number of carbonyl (C=O) groups is 2. The Morgan fingerprint density at radius 1 is 1.65 bits per heavy atom. The molecule has 0 aliphatic carbocycles. The SMILES string of the molecule is CCOC(=O)C1(CC/C=N\[N+](=O)[O-])CN(C)CCC1=O. The van der Waals surface area contributed by atoms with Crippen LogP contribution >= 0.6 is 0 Å². The molecule has 0 saturated carbocycles. The molecule has 1 rings (SSSR count). The smallest absolute Gasteiger partial charge is 0.320 e. The maximum atomic E-state index is 12.2. The van der Waals surface area contributed by atoms with Crippen molar-refractivity contribution in [2.75, 3.05) is 26.7 Å². The number of nitrogens with zero attached hydrogens (tertiary/aromatic N) is 3. The van der Waals surface area contributed by atoms with Gasteiger partial charge in [0.15, 0.2) is 10.8 Å². The Bertz CT molecular complexity index is 423. The highest BCUT2D eigenvalue weighted by molar-refractivity contribution is 6.04. The topological polar surface area (TPSA) is 102 Å². The fourth-order valence-electron chi connectivity index (χ4n) is 2.36. The summed E-state index contributed by atoms with van der Waals surface area (Å²) >= 11 is 0. The molecule has 0 aromatic heterocycles. The third-order valence-electron chi connectivity index (χ3n) is 3.34. The van der Waals surface area contributed by atoms with Gasteiger partial charge in [0.1, 0.15) is 5.41 Å². The van der Waals surface area contributed by atoms with E-state index in [0.29, 0.717) is 6.54 Å². The van der Waals surface area contributed by atoms with Crippen LogP contribution in [-0.4, -0.2) is 54.6 Å². The number of carbonyl (C=O) groups excluding carboxylic acids is 2. The minimum absolute atomic E-state index is 0.163. The lowest BCUT2D eigenvalue weighted by Crippen LogP contribution is -2.53. The molecule has 0 amide bonds. The van der Waals surface area contributed by atoms with Gasteiger partial charge < -0.3 is 9.64 Å². The predicted molar refractivity (Wildman–Crippen MR) is 70.9 cm³/mol. The van der Waals surface area contributed by atoms with E-state index in [0.717, 1.165) is 6.21 Å². The molecule has 0 spiro atoms. The molecule has 8 heteroatoms. The van der Waals surface area contributed by atoms with Gasteiger partial charge in [0, 0.05) is 19.5 Å². The van der Waals surface area contributed by atoms with Crippen LogP contribution in [0.25, 0.3) is 0 Å². The van der Waals surface area contributed by atoms with Crippen LogP contribution in [0.2, 0.25) is 0 Å². The molecule has 0 aromatic carbocycles. The second kappa shape index (κ2) is 7.09. The summed E-state index contributed by atoms with van der Waals surface area (Å²) in [5.41, 5.74) is -1.23. The number of hydrogen-bond acceptors (Lipinski definition) is 6. The molecule has 1 heterocycles. The third-order valence-corrected chi connectivity index (χ3v) is 3.34. The molecule has 0 N–H and O–H groups in total. The fraction of sp³-hybridized carbons (Fsp3) is 0.750. The van der Waals surface area contributed by atoms with Gasteiger partial charge in [-0.3, -0.25) is 9.59 Å².